The third-order valence-corrected chi connectivity index (χ3v) is 6.25. The van der Waals surface area contributed by atoms with Crippen molar-refractivity contribution in [3.8, 4) is 0 Å². The van der Waals surface area contributed by atoms with Gasteiger partial charge < -0.3 is 4.57 Å². The zero-order valence-electron chi connectivity index (χ0n) is 13.5. The van der Waals surface area contributed by atoms with E-state index in [0.29, 0.717) is 11.3 Å². The highest BCUT2D eigenvalue weighted by molar-refractivity contribution is 7.71. The van der Waals surface area contributed by atoms with Crippen molar-refractivity contribution in [2.75, 3.05) is 13.1 Å². The number of nitrogens with one attached hydrogen (secondary N) is 1. The Morgan fingerprint density at radius 3 is 2.83 bits per heavy atom. The van der Waals surface area contributed by atoms with Crippen LogP contribution in [0.3, 0.4) is 0 Å². The maximum Gasteiger partial charge on any atom is 0.260 e. The second kappa shape index (κ2) is 6.27. The van der Waals surface area contributed by atoms with E-state index < -0.39 is 0 Å². The Morgan fingerprint density at radius 2 is 2.08 bits per heavy atom. The molecular formula is C18H19N3OS2. The number of benzene rings is 1. The fourth-order valence-electron chi connectivity index (χ4n) is 3.37. The number of aromatic nitrogens is 2. The lowest BCUT2D eigenvalue weighted by atomic mass is 10.1. The van der Waals surface area contributed by atoms with Crippen LogP contribution in [0, 0.1) is 4.77 Å². The Labute approximate surface area is 149 Å². The molecular weight excluding hydrogens is 338 g/mol. The molecule has 24 heavy (non-hydrogen) atoms. The minimum atomic E-state index is -0.0400. The summed E-state index contributed by atoms with van der Waals surface area (Å²) in [6, 6.07) is 10.2. The molecule has 0 radical (unpaired) electrons. The molecule has 0 aliphatic carbocycles. The van der Waals surface area contributed by atoms with Crippen molar-refractivity contribution in [3.05, 3.63) is 61.5 Å². The normalized spacial score (nSPS) is 14.9. The lowest BCUT2D eigenvalue weighted by molar-refractivity contribution is 0.272. The van der Waals surface area contributed by atoms with Gasteiger partial charge in [0.05, 0.1) is 11.9 Å². The minimum Gasteiger partial charge on any atom is -0.305 e. The average molecular weight is 358 g/mol. The monoisotopic (exact) mass is 357 g/mol. The van der Waals surface area contributed by atoms with Crippen molar-refractivity contribution < 1.29 is 0 Å². The van der Waals surface area contributed by atoms with Gasteiger partial charge in [0, 0.05) is 18.0 Å². The minimum absolute atomic E-state index is 0.0400. The first-order valence-corrected chi connectivity index (χ1v) is 9.43. The number of nitrogens with zero attached hydrogens (tertiary/aromatic N) is 2. The molecule has 3 aromatic rings. The summed E-state index contributed by atoms with van der Waals surface area (Å²) >= 11 is 7.18. The molecule has 0 unspecified atom stereocenters. The molecule has 1 aliphatic rings. The Morgan fingerprint density at radius 1 is 1.29 bits per heavy atom. The molecule has 0 saturated heterocycles. The fourth-order valence-corrected chi connectivity index (χ4v) is 5.06. The Hall–Kier alpha value is -1.76. The smallest absolute Gasteiger partial charge is 0.260 e. The van der Waals surface area contributed by atoms with Crippen LogP contribution in [0.4, 0.5) is 0 Å². The molecule has 0 spiro atoms. The number of H-pyrrole nitrogens is 1. The van der Waals surface area contributed by atoms with E-state index in [4.69, 9.17) is 12.2 Å². The molecule has 0 atom stereocenters. The molecule has 0 amide bonds. The number of hydrogen-bond donors (Lipinski definition) is 1. The van der Waals surface area contributed by atoms with E-state index in [9.17, 15) is 4.79 Å². The molecule has 3 heterocycles. The van der Waals surface area contributed by atoms with Gasteiger partial charge >= 0.3 is 0 Å². The van der Waals surface area contributed by atoms with E-state index in [2.05, 4.69) is 33.5 Å². The predicted molar refractivity (Wildman–Crippen MR) is 101 cm³/mol. The number of rotatable bonds is 3. The molecule has 0 fully saturated rings. The Balaban J connectivity index is 1.90. The first-order valence-electron chi connectivity index (χ1n) is 8.21. The van der Waals surface area contributed by atoms with Crippen LogP contribution in [0.15, 0.2) is 35.1 Å². The second-order valence-corrected chi connectivity index (χ2v) is 7.60. The molecule has 1 aliphatic heterocycles. The van der Waals surface area contributed by atoms with Gasteiger partial charge in [-0.25, -0.2) is 0 Å². The molecule has 6 heteroatoms. The van der Waals surface area contributed by atoms with E-state index in [0.717, 1.165) is 36.3 Å². The number of fused-ring (bicyclic) bond motifs is 3. The summed E-state index contributed by atoms with van der Waals surface area (Å²) in [5, 5.41) is 0.843. The van der Waals surface area contributed by atoms with Crippen molar-refractivity contribution in [1.29, 1.82) is 0 Å². The van der Waals surface area contributed by atoms with Crippen LogP contribution in [-0.2, 0) is 19.5 Å². The summed E-state index contributed by atoms with van der Waals surface area (Å²) in [4.78, 5) is 20.2. The molecule has 1 aromatic carbocycles. The zero-order valence-corrected chi connectivity index (χ0v) is 15.2. The largest absolute Gasteiger partial charge is 0.305 e. The second-order valence-electron chi connectivity index (χ2n) is 6.13. The summed E-state index contributed by atoms with van der Waals surface area (Å²) in [7, 11) is 0. The van der Waals surface area contributed by atoms with Crippen molar-refractivity contribution in [2.45, 2.75) is 26.4 Å². The maximum atomic E-state index is 12.5. The van der Waals surface area contributed by atoms with Crippen LogP contribution in [0.2, 0.25) is 0 Å². The van der Waals surface area contributed by atoms with Gasteiger partial charge in [0.1, 0.15) is 4.83 Å². The zero-order chi connectivity index (χ0) is 16.7. The number of likely N-dealkylation sites (N-methyl/N-ethyl adjacent to an activating group) is 1. The van der Waals surface area contributed by atoms with Crippen LogP contribution in [-0.4, -0.2) is 27.5 Å². The van der Waals surface area contributed by atoms with Crippen LogP contribution < -0.4 is 5.56 Å². The Bertz CT molecular complexity index is 1000. The third-order valence-electron chi connectivity index (χ3n) is 4.69. The van der Waals surface area contributed by atoms with Crippen LogP contribution >= 0.6 is 23.6 Å². The van der Waals surface area contributed by atoms with Crippen molar-refractivity contribution in [2.24, 2.45) is 0 Å². The summed E-state index contributed by atoms with van der Waals surface area (Å²) in [5.41, 5.74) is 2.36. The van der Waals surface area contributed by atoms with Gasteiger partial charge in [0.2, 0.25) is 0 Å². The fraction of sp³-hybridized carbons (Fsp3) is 0.333. The lowest BCUT2D eigenvalue weighted by Gasteiger charge is -2.24. The van der Waals surface area contributed by atoms with Crippen molar-refractivity contribution >= 4 is 33.8 Å². The van der Waals surface area contributed by atoms with Gasteiger partial charge in [0.25, 0.3) is 5.56 Å². The molecule has 4 rings (SSSR count). The van der Waals surface area contributed by atoms with Gasteiger partial charge in [-0.05, 0) is 36.3 Å². The highest BCUT2D eigenvalue weighted by Crippen LogP contribution is 2.33. The summed E-state index contributed by atoms with van der Waals surface area (Å²) in [5.74, 6) is 0. The van der Waals surface area contributed by atoms with Gasteiger partial charge in [-0.1, -0.05) is 37.3 Å². The van der Waals surface area contributed by atoms with Gasteiger partial charge in [-0.3, -0.25) is 14.7 Å². The molecule has 0 saturated carbocycles. The quantitative estimate of drug-likeness (QED) is 0.729. The maximum absolute atomic E-state index is 12.5. The topological polar surface area (TPSA) is 41.0 Å². The van der Waals surface area contributed by atoms with E-state index in [1.807, 2.05) is 18.2 Å². The van der Waals surface area contributed by atoms with E-state index in [-0.39, 0.29) is 5.56 Å². The molecule has 1 N–H and O–H groups in total. The summed E-state index contributed by atoms with van der Waals surface area (Å²) in [6.07, 6.45) is 0.939. The standard InChI is InChI=1S/C18H19N3OS2/c1-2-20-9-8-13-14(11-20)24-17-15(13)16(22)19-18(23)21(17)10-12-6-4-3-5-7-12/h3-7H,2,8-11H2,1H3,(H,19,22,23). The number of hydrogen-bond acceptors (Lipinski definition) is 4. The Kier molecular flexibility index (Phi) is 4.12. The third kappa shape index (κ3) is 2.64. The first kappa shape index (κ1) is 15.7. The first-order chi connectivity index (χ1) is 11.7. The van der Waals surface area contributed by atoms with E-state index >= 15 is 0 Å². The SMILES string of the molecule is CCN1CCc2c(sc3c2c(=O)[nH]c(=S)n3Cc2ccccc2)C1. The molecule has 4 nitrogen and oxygen atoms in total. The number of aromatic amines is 1. The van der Waals surface area contributed by atoms with Gasteiger partial charge in [-0.15, -0.1) is 11.3 Å². The van der Waals surface area contributed by atoms with Crippen molar-refractivity contribution in [3.63, 3.8) is 0 Å². The van der Waals surface area contributed by atoms with Crippen LogP contribution in [0.1, 0.15) is 22.9 Å². The molecule has 0 bridgehead atoms. The summed E-state index contributed by atoms with van der Waals surface area (Å²) in [6.45, 7) is 5.86. The lowest BCUT2D eigenvalue weighted by Crippen LogP contribution is -2.29. The summed E-state index contributed by atoms with van der Waals surface area (Å²) < 4.78 is 2.57. The number of thiophene rings is 1. The van der Waals surface area contributed by atoms with Crippen LogP contribution in [0.5, 0.6) is 0 Å². The van der Waals surface area contributed by atoms with Crippen molar-refractivity contribution in [1.82, 2.24) is 14.5 Å². The molecule has 2 aromatic heterocycles. The average Bonchev–Trinajstić information content (AvgIpc) is 2.98. The van der Waals surface area contributed by atoms with Gasteiger partial charge in [-0.2, -0.15) is 0 Å². The van der Waals surface area contributed by atoms with E-state index in [1.54, 1.807) is 11.3 Å². The highest BCUT2D eigenvalue weighted by Gasteiger charge is 2.23. The predicted octanol–water partition coefficient (Wildman–Crippen LogP) is 3.55. The highest BCUT2D eigenvalue weighted by atomic mass is 32.1. The van der Waals surface area contributed by atoms with E-state index in [1.165, 1.54) is 16.0 Å². The molecule has 124 valence electrons. The van der Waals surface area contributed by atoms with Crippen LogP contribution in [0.25, 0.3) is 10.2 Å². The van der Waals surface area contributed by atoms with Gasteiger partial charge in [0.15, 0.2) is 4.77 Å².